The van der Waals surface area contributed by atoms with Crippen molar-refractivity contribution < 1.29 is 22.4 Å². The summed E-state index contributed by atoms with van der Waals surface area (Å²) in [6.07, 6.45) is -4.79. The zero-order chi connectivity index (χ0) is 11.8. The van der Waals surface area contributed by atoms with Crippen LogP contribution in [0.4, 0.5) is 13.2 Å². The molecule has 0 heterocycles. The second kappa shape index (κ2) is 3.82. The normalized spacial score (nSPS) is 17.7. The summed E-state index contributed by atoms with van der Waals surface area (Å²) in [6, 6.07) is 0. The van der Waals surface area contributed by atoms with Crippen molar-refractivity contribution in [2.24, 2.45) is 0 Å². The number of carbonyl (C=O) groups is 1. The van der Waals surface area contributed by atoms with Crippen LogP contribution in [0.25, 0.3) is 0 Å². The third-order valence-corrected chi connectivity index (χ3v) is 2.81. The van der Waals surface area contributed by atoms with E-state index in [0.717, 1.165) is 0 Å². The molecule has 1 atom stereocenters. The summed E-state index contributed by atoms with van der Waals surface area (Å²) in [5.41, 5.74) is -2.89. The Morgan fingerprint density at radius 1 is 1.29 bits per heavy atom. The Balaban J connectivity index is 5.04. The third-order valence-electron chi connectivity index (χ3n) is 1.43. The Bertz CT molecular complexity index is 236. The molecule has 0 fully saturated rings. The highest BCUT2D eigenvalue weighted by Gasteiger charge is 2.58. The molecule has 0 aliphatic carbocycles. The molecule has 84 valence electrons. The minimum Gasteiger partial charge on any atom is -0.397 e. The van der Waals surface area contributed by atoms with E-state index in [-0.39, 0.29) is 0 Å². The molecule has 0 aromatic heterocycles. The van der Waals surface area contributed by atoms with Gasteiger partial charge >= 0.3 is 6.18 Å². The monoisotopic (exact) mass is 248 g/mol. The fourth-order valence-corrected chi connectivity index (χ4v) is 2.47. The number of rotatable bonds is 3. The fourth-order valence-electron chi connectivity index (χ4n) is 0.822. The first-order valence-electron chi connectivity index (χ1n) is 3.87. The summed E-state index contributed by atoms with van der Waals surface area (Å²) in [5.74, 6) is 0. The SMILES string of the molecule is C[C@](O[Si](C)(C)C)(C(=O)Cl)C(F)(F)F. The van der Waals surface area contributed by atoms with Gasteiger partial charge in [0.1, 0.15) is 0 Å². The van der Waals surface area contributed by atoms with Crippen LogP contribution in [0.5, 0.6) is 0 Å². The molecule has 0 aromatic rings. The van der Waals surface area contributed by atoms with Crippen LogP contribution in [0, 0.1) is 0 Å². The van der Waals surface area contributed by atoms with Gasteiger partial charge in [-0.2, -0.15) is 13.2 Å². The van der Waals surface area contributed by atoms with Gasteiger partial charge in [0.05, 0.1) is 0 Å². The van der Waals surface area contributed by atoms with Crippen molar-refractivity contribution in [3.8, 4) is 0 Å². The van der Waals surface area contributed by atoms with E-state index >= 15 is 0 Å². The van der Waals surface area contributed by atoms with Gasteiger partial charge in [0, 0.05) is 0 Å². The van der Waals surface area contributed by atoms with E-state index in [9.17, 15) is 18.0 Å². The molecule has 0 aromatic carbocycles. The van der Waals surface area contributed by atoms with Gasteiger partial charge in [-0.25, -0.2) is 0 Å². The van der Waals surface area contributed by atoms with Crippen LogP contribution < -0.4 is 0 Å². The first-order valence-corrected chi connectivity index (χ1v) is 7.65. The number of alkyl halides is 3. The average molecular weight is 249 g/mol. The Labute approximate surface area is 86.5 Å². The van der Waals surface area contributed by atoms with E-state index in [1.165, 1.54) is 0 Å². The maximum absolute atomic E-state index is 12.5. The Morgan fingerprint density at radius 3 is 1.71 bits per heavy atom. The molecule has 0 N–H and O–H groups in total. The van der Waals surface area contributed by atoms with Crippen molar-refractivity contribution >= 4 is 25.2 Å². The van der Waals surface area contributed by atoms with Crippen molar-refractivity contribution in [2.45, 2.75) is 38.3 Å². The van der Waals surface area contributed by atoms with Gasteiger partial charge in [-0.3, -0.25) is 4.79 Å². The molecule has 0 rings (SSSR count). The van der Waals surface area contributed by atoms with Crippen LogP contribution in [-0.2, 0) is 9.22 Å². The van der Waals surface area contributed by atoms with Crippen LogP contribution in [0.3, 0.4) is 0 Å². The molecule has 0 bridgehead atoms. The van der Waals surface area contributed by atoms with E-state index in [2.05, 4.69) is 0 Å². The maximum Gasteiger partial charge on any atom is 0.424 e. The Morgan fingerprint density at radius 2 is 1.64 bits per heavy atom. The molecular weight excluding hydrogens is 237 g/mol. The van der Waals surface area contributed by atoms with E-state index in [1.807, 2.05) is 0 Å². The lowest BCUT2D eigenvalue weighted by atomic mass is 10.1. The zero-order valence-corrected chi connectivity index (χ0v) is 10.1. The molecule has 0 aliphatic rings. The summed E-state index contributed by atoms with van der Waals surface area (Å²) in [4.78, 5) is 10.7. The van der Waals surface area contributed by atoms with Gasteiger partial charge < -0.3 is 4.43 Å². The molecule has 0 radical (unpaired) electrons. The van der Waals surface area contributed by atoms with E-state index in [0.29, 0.717) is 6.92 Å². The minimum absolute atomic E-state index is 0.653. The number of halogens is 4. The molecule has 2 nitrogen and oxygen atoms in total. The molecular formula is C7H12ClF3O2Si. The summed E-state index contributed by atoms with van der Waals surface area (Å²) >= 11 is 4.91. The van der Waals surface area contributed by atoms with Gasteiger partial charge in [0.15, 0.2) is 8.32 Å². The van der Waals surface area contributed by atoms with Crippen LogP contribution in [0.1, 0.15) is 6.92 Å². The highest BCUT2D eigenvalue weighted by molar-refractivity contribution is 6.71. The van der Waals surface area contributed by atoms with E-state index in [1.54, 1.807) is 19.6 Å². The zero-order valence-electron chi connectivity index (χ0n) is 8.33. The minimum atomic E-state index is -4.79. The van der Waals surface area contributed by atoms with Gasteiger partial charge in [-0.1, -0.05) is 0 Å². The number of hydrogen-bond acceptors (Lipinski definition) is 2. The van der Waals surface area contributed by atoms with Crippen molar-refractivity contribution in [3.05, 3.63) is 0 Å². The van der Waals surface area contributed by atoms with Crippen LogP contribution in [0.15, 0.2) is 0 Å². The first kappa shape index (κ1) is 13.9. The third kappa shape index (κ3) is 3.25. The van der Waals surface area contributed by atoms with Gasteiger partial charge in [-0.15, -0.1) is 0 Å². The smallest absolute Gasteiger partial charge is 0.397 e. The highest BCUT2D eigenvalue weighted by Crippen LogP contribution is 2.37. The lowest BCUT2D eigenvalue weighted by Gasteiger charge is -2.34. The van der Waals surface area contributed by atoms with Gasteiger partial charge in [-0.05, 0) is 38.2 Å². The summed E-state index contributed by atoms with van der Waals surface area (Å²) in [7, 11) is -2.49. The van der Waals surface area contributed by atoms with Crippen LogP contribution in [-0.4, -0.2) is 25.3 Å². The second-order valence-corrected chi connectivity index (χ2v) is 8.79. The molecule has 7 heteroatoms. The lowest BCUT2D eigenvalue weighted by molar-refractivity contribution is -0.233. The molecule has 0 saturated carbocycles. The topological polar surface area (TPSA) is 26.3 Å². The molecule has 0 amide bonds. The summed E-state index contributed by atoms with van der Waals surface area (Å²) in [5, 5.41) is -1.53. The maximum atomic E-state index is 12.5. The highest BCUT2D eigenvalue weighted by atomic mass is 35.5. The van der Waals surface area contributed by atoms with Crippen molar-refractivity contribution in [2.75, 3.05) is 0 Å². The number of carbonyl (C=O) groups excluding carboxylic acids is 1. The molecule has 0 saturated heterocycles. The van der Waals surface area contributed by atoms with Crippen molar-refractivity contribution in [3.63, 3.8) is 0 Å². The summed E-state index contributed by atoms with van der Waals surface area (Å²) in [6.45, 7) is 5.31. The Kier molecular flexibility index (Phi) is 3.80. The predicted molar refractivity (Wildman–Crippen MR) is 49.8 cm³/mol. The fraction of sp³-hybridized carbons (Fsp3) is 0.857. The largest absolute Gasteiger partial charge is 0.424 e. The van der Waals surface area contributed by atoms with Crippen molar-refractivity contribution in [1.82, 2.24) is 0 Å². The lowest BCUT2D eigenvalue weighted by Crippen LogP contribution is -2.54. The van der Waals surface area contributed by atoms with E-state index in [4.69, 9.17) is 16.0 Å². The standard InChI is InChI=1S/C7H12ClF3O2Si/c1-6(5(8)12,7(9,10)11)13-14(2,3)4/h1-4H3/t6-/m0/s1. The predicted octanol–water partition coefficient (Wildman–Crippen LogP) is 2.92. The first-order chi connectivity index (χ1) is 5.90. The second-order valence-electron chi connectivity index (χ2n) is 4.02. The van der Waals surface area contributed by atoms with E-state index < -0.39 is 25.3 Å². The van der Waals surface area contributed by atoms with Crippen LogP contribution in [0.2, 0.25) is 19.6 Å². The molecule has 0 unspecified atom stereocenters. The molecule has 0 aliphatic heterocycles. The van der Waals surface area contributed by atoms with Gasteiger partial charge in [0.2, 0.25) is 5.60 Å². The van der Waals surface area contributed by atoms with Crippen LogP contribution >= 0.6 is 11.6 Å². The van der Waals surface area contributed by atoms with Gasteiger partial charge in [0.25, 0.3) is 5.24 Å². The molecule has 0 spiro atoms. The Hall–Kier alpha value is -0.0731. The quantitative estimate of drug-likeness (QED) is 0.567. The summed E-state index contributed by atoms with van der Waals surface area (Å²) < 4.78 is 42.2. The average Bonchev–Trinajstić information content (AvgIpc) is 1.79. The van der Waals surface area contributed by atoms with Crippen molar-refractivity contribution in [1.29, 1.82) is 0 Å². The number of hydrogen-bond donors (Lipinski definition) is 0. The molecule has 14 heavy (non-hydrogen) atoms.